The number of carbonyl (C=O) groups is 1. The van der Waals surface area contributed by atoms with E-state index in [2.05, 4.69) is 4.98 Å². The highest BCUT2D eigenvalue weighted by Gasteiger charge is 2.32. The smallest absolute Gasteiger partial charge is 0.318 e. The van der Waals surface area contributed by atoms with Crippen LogP contribution in [0.1, 0.15) is 18.5 Å². The Balaban J connectivity index is 2.09. The van der Waals surface area contributed by atoms with Crippen molar-refractivity contribution in [2.75, 3.05) is 11.0 Å². The summed E-state index contributed by atoms with van der Waals surface area (Å²) >= 11 is 6.02. The van der Waals surface area contributed by atoms with Gasteiger partial charge in [0.15, 0.2) is 0 Å². The first-order chi connectivity index (χ1) is 14.6. The molecule has 0 aliphatic heterocycles. The van der Waals surface area contributed by atoms with Gasteiger partial charge in [-0.2, -0.15) is 4.31 Å². The highest BCUT2D eigenvalue weighted by molar-refractivity contribution is 7.89. The van der Waals surface area contributed by atoms with E-state index in [1.165, 1.54) is 30.6 Å². The van der Waals surface area contributed by atoms with Crippen molar-refractivity contribution in [3.63, 3.8) is 0 Å². The van der Waals surface area contributed by atoms with Gasteiger partial charge in [0.1, 0.15) is 6.54 Å². The summed E-state index contributed by atoms with van der Waals surface area (Å²) in [5, 5.41) is 17.8. The molecule has 0 saturated heterocycles. The molecule has 2 aromatic carbocycles. The summed E-state index contributed by atoms with van der Waals surface area (Å²) in [5.41, 5.74) is 6.40. The number of nitrogens with one attached hydrogen (secondary N) is 1. The quantitative estimate of drug-likeness (QED) is 0.279. The lowest BCUT2D eigenvalue weighted by molar-refractivity contribution is -0.137. The number of sulfonamides is 1. The number of hydrogen-bond donors (Lipinski definition) is 3. The summed E-state index contributed by atoms with van der Waals surface area (Å²) in [5.74, 6) is -1.69. The molecule has 0 spiro atoms. The van der Waals surface area contributed by atoms with Crippen molar-refractivity contribution >= 4 is 50.2 Å². The minimum absolute atomic E-state index is 0.0908. The van der Waals surface area contributed by atoms with Crippen molar-refractivity contribution in [3.05, 3.63) is 66.5 Å². The highest BCUT2D eigenvalue weighted by Crippen LogP contribution is 2.32. The van der Waals surface area contributed by atoms with Crippen LogP contribution < -0.4 is 10.2 Å². The van der Waals surface area contributed by atoms with E-state index in [9.17, 15) is 18.3 Å². The average molecular weight is 462 g/mol. The molecule has 3 rings (SSSR count). The third-order valence-electron chi connectivity index (χ3n) is 4.74. The molecule has 0 saturated carbocycles. The number of carboxylic acids is 1. The van der Waals surface area contributed by atoms with Gasteiger partial charge in [-0.3, -0.25) is 15.2 Å². The van der Waals surface area contributed by atoms with Crippen molar-refractivity contribution in [2.24, 2.45) is 5.73 Å². The van der Waals surface area contributed by atoms with Gasteiger partial charge in [0.25, 0.3) is 0 Å². The fourth-order valence-corrected chi connectivity index (χ4v) is 4.92. The van der Waals surface area contributed by atoms with Gasteiger partial charge in [-0.25, -0.2) is 12.8 Å². The van der Waals surface area contributed by atoms with Crippen LogP contribution in [0.2, 0.25) is 0 Å². The summed E-state index contributed by atoms with van der Waals surface area (Å²) in [6.45, 7) is 0.934. The van der Waals surface area contributed by atoms with E-state index in [0.29, 0.717) is 22.0 Å². The second-order valence-corrected chi connectivity index (χ2v) is 8.97. The summed E-state index contributed by atoms with van der Waals surface area (Å²) in [6.07, 6.45) is 2.85. The maximum Gasteiger partial charge on any atom is 0.318 e. The Labute approximate surface area is 184 Å². The molecule has 1 aromatic heterocycles. The molecule has 31 heavy (non-hydrogen) atoms. The lowest BCUT2D eigenvalue weighted by Crippen LogP contribution is -2.37. The molecule has 0 amide bonds. The monoisotopic (exact) mass is 461 g/mol. The highest BCUT2D eigenvalue weighted by atomic mass is 35.5. The van der Waals surface area contributed by atoms with Crippen molar-refractivity contribution < 1.29 is 18.3 Å². The number of aromatic nitrogens is 1. The van der Waals surface area contributed by atoms with Crippen LogP contribution in [0.5, 0.6) is 0 Å². The number of halogens is 1. The van der Waals surface area contributed by atoms with Crippen molar-refractivity contribution in [2.45, 2.75) is 17.9 Å². The summed E-state index contributed by atoms with van der Waals surface area (Å²) in [6, 6.07) is 12.3. The first-order valence-corrected chi connectivity index (χ1v) is 10.9. The lowest BCUT2D eigenvalue weighted by atomic mass is 10.1. The SMILES string of the molecule is C[C@H](c1ccccc1)N(CC(=O)O)S(=O)(=O)c1ccc2c(N(Cl)C(=N)N)cncc2c1. The number of nitrogens with two attached hydrogens (primary N) is 1. The molecule has 0 aliphatic carbocycles. The minimum Gasteiger partial charge on any atom is -0.480 e. The molecule has 0 radical (unpaired) electrons. The Morgan fingerprint density at radius 3 is 2.52 bits per heavy atom. The van der Waals surface area contributed by atoms with E-state index in [4.69, 9.17) is 22.9 Å². The lowest BCUT2D eigenvalue weighted by Gasteiger charge is -2.27. The molecule has 0 unspecified atom stereocenters. The summed E-state index contributed by atoms with van der Waals surface area (Å²) in [7, 11) is -4.17. The predicted octanol–water partition coefficient (Wildman–Crippen LogP) is 2.92. The molecule has 3 aromatic rings. The van der Waals surface area contributed by atoms with Crippen LogP contribution in [0.4, 0.5) is 5.69 Å². The number of nitrogens with zero attached hydrogens (tertiary/aromatic N) is 3. The summed E-state index contributed by atoms with van der Waals surface area (Å²) in [4.78, 5) is 15.4. The normalized spacial score (nSPS) is 12.6. The van der Waals surface area contributed by atoms with Crippen molar-refractivity contribution in [1.82, 2.24) is 9.29 Å². The molecule has 1 heterocycles. The van der Waals surface area contributed by atoms with Crippen molar-refractivity contribution in [1.29, 1.82) is 5.41 Å². The van der Waals surface area contributed by atoms with Gasteiger partial charge < -0.3 is 10.8 Å². The maximum atomic E-state index is 13.4. The fraction of sp³-hybridized carbons (Fsp3) is 0.150. The number of hydrogen-bond acceptors (Lipinski definition) is 5. The number of benzene rings is 2. The first-order valence-electron chi connectivity index (χ1n) is 9.09. The number of aliphatic carboxylic acids is 1. The van der Waals surface area contributed by atoms with E-state index in [-0.39, 0.29) is 4.90 Å². The Morgan fingerprint density at radius 2 is 1.90 bits per heavy atom. The van der Waals surface area contributed by atoms with Gasteiger partial charge in [-0.05, 0) is 24.6 Å². The number of guanidine groups is 1. The number of fused-ring (bicyclic) bond motifs is 1. The number of rotatable bonds is 7. The van der Waals surface area contributed by atoms with Gasteiger partial charge in [-0.1, -0.05) is 36.4 Å². The zero-order chi connectivity index (χ0) is 22.8. The Kier molecular flexibility index (Phi) is 6.44. The van der Waals surface area contributed by atoms with Gasteiger partial charge in [0, 0.05) is 34.8 Å². The largest absolute Gasteiger partial charge is 0.480 e. The van der Waals surface area contributed by atoms with E-state index in [1.54, 1.807) is 37.3 Å². The Bertz CT molecular complexity index is 1240. The standard InChI is InChI=1S/C20H20ClN5O4S/c1-13(14-5-3-2-4-6-14)25(12-19(27)28)31(29,30)16-7-8-17-15(9-16)10-24-11-18(17)26(21)20(22)23/h2-11,13H,12H2,1H3,(H3,22,23)(H,27,28)/t13-/m1/s1. The van der Waals surface area contributed by atoms with E-state index < -0.39 is 34.5 Å². The molecule has 0 bridgehead atoms. The fourth-order valence-electron chi connectivity index (χ4n) is 3.18. The molecule has 0 fully saturated rings. The van der Waals surface area contributed by atoms with Crippen LogP contribution in [0.3, 0.4) is 0 Å². The number of pyridine rings is 1. The van der Waals surface area contributed by atoms with Gasteiger partial charge in [0.2, 0.25) is 16.0 Å². The molecular weight excluding hydrogens is 442 g/mol. The average Bonchev–Trinajstić information content (AvgIpc) is 2.76. The summed E-state index contributed by atoms with van der Waals surface area (Å²) < 4.78 is 28.6. The molecule has 0 aliphatic rings. The van der Waals surface area contributed by atoms with Gasteiger partial charge >= 0.3 is 5.97 Å². The molecule has 9 nitrogen and oxygen atoms in total. The third-order valence-corrected chi connectivity index (χ3v) is 7.02. The van der Waals surface area contributed by atoms with Gasteiger partial charge in [-0.15, -0.1) is 0 Å². The van der Waals surface area contributed by atoms with Crippen LogP contribution in [-0.2, 0) is 14.8 Å². The van der Waals surface area contributed by atoms with E-state index in [1.807, 2.05) is 0 Å². The van der Waals surface area contributed by atoms with Crippen LogP contribution in [0.25, 0.3) is 10.8 Å². The zero-order valence-corrected chi connectivity index (χ0v) is 18.0. The van der Waals surface area contributed by atoms with Crippen LogP contribution in [-0.4, -0.2) is 41.3 Å². The van der Waals surface area contributed by atoms with Crippen molar-refractivity contribution in [3.8, 4) is 0 Å². The van der Waals surface area contributed by atoms with Crippen LogP contribution in [0, 0.1) is 5.41 Å². The maximum absolute atomic E-state index is 13.4. The Morgan fingerprint density at radius 1 is 1.23 bits per heavy atom. The first kappa shape index (κ1) is 22.5. The number of anilines is 1. The van der Waals surface area contributed by atoms with Crippen LogP contribution >= 0.6 is 11.8 Å². The number of carboxylic acid groups (broad SMARTS) is 1. The van der Waals surface area contributed by atoms with E-state index in [0.717, 1.165) is 8.72 Å². The Hall–Kier alpha value is -3.21. The zero-order valence-electron chi connectivity index (χ0n) is 16.4. The minimum atomic E-state index is -4.17. The van der Waals surface area contributed by atoms with Gasteiger partial charge in [0.05, 0.1) is 16.8 Å². The molecule has 11 heteroatoms. The van der Waals surface area contributed by atoms with E-state index >= 15 is 0 Å². The third kappa shape index (κ3) is 4.61. The second kappa shape index (κ2) is 8.88. The van der Waals surface area contributed by atoms with Crippen LogP contribution in [0.15, 0.2) is 65.8 Å². The molecule has 162 valence electrons. The predicted molar refractivity (Wildman–Crippen MR) is 118 cm³/mol. The second-order valence-electron chi connectivity index (χ2n) is 6.74. The topological polar surface area (TPSA) is 141 Å². The molecular formula is C20H20ClN5O4S. The molecule has 1 atom stereocenters. The molecule has 4 N–H and O–H groups in total.